The molecule has 0 aromatic heterocycles. The first-order chi connectivity index (χ1) is 12.8. The summed E-state index contributed by atoms with van der Waals surface area (Å²) in [6.45, 7) is 9.54. The number of rotatable bonds is 8. The van der Waals surface area contributed by atoms with Crippen LogP contribution in [0.4, 0.5) is 11.4 Å². The molecular formula is C20H27N3O3S. The Morgan fingerprint density at radius 1 is 0.963 bits per heavy atom. The van der Waals surface area contributed by atoms with E-state index < -0.39 is 10.0 Å². The standard InChI is InChI=1S/C20H27N3O3S/c1-5-23(6-2)18-11-9-17(10-12-18)21-20(24)16-7-13-19(14-8-16)27(25,26)22-15(3)4/h7-15,22H,5-6H2,1-4H3,(H,21,24). The third-order valence-corrected chi connectivity index (χ3v) is 5.75. The third-order valence-electron chi connectivity index (χ3n) is 4.07. The number of hydrogen-bond acceptors (Lipinski definition) is 4. The summed E-state index contributed by atoms with van der Waals surface area (Å²) in [5.74, 6) is -0.286. The van der Waals surface area contributed by atoms with Gasteiger partial charge < -0.3 is 10.2 Å². The molecule has 0 saturated carbocycles. The van der Waals surface area contributed by atoms with Gasteiger partial charge in [-0.25, -0.2) is 13.1 Å². The predicted octanol–water partition coefficient (Wildman–Crippen LogP) is 3.47. The average molecular weight is 390 g/mol. The molecule has 2 rings (SSSR count). The number of carbonyl (C=O) groups is 1. The van der Waals surface area contributed by atoms with Crippen LogP contribution in [0.15, 0.2) is 53.4 Å². The van der Waals surface area contributed by atoms with Crippen LogP contribution in [0.5, 0.6) is 0 Å². The van der Waals surface area contributed by atoms with Crippen LogP contribution < -0.4 is 14.9 Å². The second-order valence-corrected chi connectivity index (χ2v) is 8.19. The number of amides is 1. The fourth-order valence-electron chi connectivity index (χ4n) is 2.71. The van der Waals surface area contributed by atoms with Crippen LogP contribution >= 0.6 is 0 Å². The van der Waals surface area contributed by atoms with E-state index in [1.807, 2.05) is 24.3 Å². The Balaban J connectivity index is 2.08. The van der Waals surface area contributed by atoms with E-state index in [4.69, 9.17) is 0 Å². The maximum atomic E-state index is 12.4. The molecule has 27 heavy (non-hydrogen) atoms. The lowest BCUT2D eigenvalue weighted by Gasteiger charge is -2.21. The summed E-state index contributed by atoms with van der Waals surface area (Å²) in [7, 11) is -3.57. The van der Waals surface area contributed by atoms with Gasteiger partial charge in [-0.1, -0.05) is 0 Å². The summed E-state index contributed by atoms with van der Waals surface area (Å²) >= 11 is 0. The predicted molar refractivity (Wildman–Crippen MR) is 110 cm³/mol. The van der Waals surface area contributed by atoms with Gasteiger partial charge in [0.05, 0.1) is 4.90 Å². The van der Waals surface area contributed by atoms with Crippen molar-refractivity contribution in [1.29, 1.82) is 0 Å². The van der Waals surface area contributed by atoms with Crippen molar-refractivity contribution in [3.8, 4) is 0 Å². The molecular weight excluding hydrogens is 362 g/mol. The third kappa shape index (κ3) is 5.55. The largest absolute Gasteiger partial charge is 0.372 e. The van der Waals surface area contributed by atoms with Gasteiger partial charge in [0.15, 0.2) is 0 Å². The van der Waals surface area contributed by atoms with E-state index in [1.54, 1.807) is 13.8 Å². The minimum absolute atomic E-state index is 0.135. The molecule has 7 heteroatoms. The molecule has 0 aliphatic rings. The van der Waals surface area contributed by atoms with Crippen molar-refractivity contribution in [2.75, 3.05) is 23.3 Å². The fraction of sp³-hybridized carbons (Fsp3) is 0.350. The Kier molecular flexibility index (Phi) is 6.98. The van der Waals surface area contributed by atoms with Crippen LogP contribution in [-0.2, 0) is 10.0 Å². The SMILES string of the molecule is CCN(CC)c1ccc(NC(=O)c2ccc(S(=O)(=O)NC(C)C)cc2)cc1. The maximum Gasteiger partial charge on any atom is 0.255 e. The van der Waals surface area contributed by atoms with E-state index in [2.05, 4.69) is 28.8 Å². The number of nitrogens with zero attached hydrogens (tertiary/aromatic N) is 1. The summed E-state index contributed by atoms with van der Waals surface area (Å²) in [5.41, 5.74) is 2.19. The monoisotopic (exact) mass is 389 g/mol. The molecule has 0 atom stereocenters. The molecule has 0 spiro atoms. The minimum Gasteiger partial charge on any atom is -0.372 e. The Bertz CT molecular complexity index is 856. The van der Waals surface area contributed by atoms with Crippen molar-refractivity contribution in [1.82, 2.24) is 4.72 Å². The van der Waals surface area contributed by atoms with Gasteiger partial charge in [0.2, 0.25) is 10.0 Å². The molecule has 0 aliphatic heterocycles. The van der Waals surface area contributed by atoms with Crippen LogP contribution in [0.3, 0.4) is 0 Å². The Morgan fingerprint density at radius 2 is 1.52 bits per heavy atom. The van der Waals surface area contributed by atoms with Crippen LogP contribution in [0.1, 0.15) is 38.1 Å². The van der Waals surface area contributed by atoms with E-state index in [-0.39, 0.29) is 16.8 Å². The number of carbonyl (C=O) groups excluding carboxylic acids is 1. The zero-order valence-corrected chi connectivity index (χ0v) is 17.0. The molecule has 0 unspecified atom stereocenters. The zero-order chi connectivity index (χ0) is 20.0. The van der Waals surface area contributed by atoms with Gasteiger partial charge in [0.1, 0.15) is 0 Å². The molecule has 0 radical (unpaired) electrons. The molecule has 0 heterocycles. The summed E-state index contributed by atoms with van der Waals surface area (Å²) < 4.78 is 26.8. The van der Waals surface area contributed by atoms with Crippen molar-refractivity contribution in [2.45, 2.75) is 38.6 Å². The van der Waals surface area contributed by atoms with Crippen LogP contribution in [-0.4, -0.2) is 33.5 Å². The highest BCUT2D eigenvalue weighted by Gasteiger charge is 2.16. The Morgan fingerprint density at radius 3 is 2.00 bits per heavy atom. The lowest BCUT2D eigenvalue weighted by Crippen LogP contribution is -2.30. The molecule has 6 nitrogen and oxygen atoms in total. The number of hydrogen-bond donors (Lipinski definition) is 2. The molecule has 2 aromatic rings. The molecule has 0 aliphatic carbocycles. The van der Waals surface area contributed by atoms with Crippen molar-refractivity contribution >= 4 is 27.3 Å². The Labute approximate surface area is 161 Å². The Hall–Kier alpha value is -2.38. The summed E-state index contributed by atoms with van der Waals surface area (Å²) in [6, 6.07) is 13.3. The van der Waals surface area contributed by atoms with E-state index in [9.17, 15) is 13.2 Å². The highest BCUT2D eigenvalue weighted by Crippen LogP contribution is 2.19. The number of anilines is 2. The highest BCUT2D eigenvalue weighted by molar-refractivity contribution is 7.89. The van der Waals surface area contributed by atoms with Crippen molar-refractivity contribution in [2.24, 2.45) is 0 Å². The first-order valence-corrected chi connectivity index (χ1v) is 10.5. The molecule has 0 bridgehead atoms. The van der Waals surface area contributed by atoms with Gasteiger partial charge in [-0.05, 0) is 76.2 Å². The van der Waals surface area contributed by atoms with Crippen LogP contribution in [0.25, 0.3) is 0 Å². The number of benzene rings is 2. The van der Waals surface area contributed by atoms with E-state index in [1.165, 1.54) is 24.3 Å². The lowest BCUT2D eigenvalue weighted by atomic mass is 10.2. The van der Waals surface area contributed by atoms with Gasteiger partial charge in [-0.15, -0.1) is 0 Å². The maximum absolute atomic E-state index is 12.4. The van der Waals surface area contributed by atoms with Crippen molar-refractivity contribution < 1.29 is 13.2 Å². The zero-order valence-electron chi connectivity index (χ0n) is 16.2. The minimum atomic E-state index is -3.57. The lowest BCUT2D eigenvalue weighted by molar-refractivity contribution is 0.102. The van der Waals surface area contributed by atoms with Crippen molar-refractivity contribution in [3.63, 3.8) is 0 Å². The first kappa shape index (κ1) is 20.9. The number of nitrogens with one attached hydrogen (secondary N) is 2. The second-order valence-electron chi connectivity index (χ2n) is 6.47. The van der Waals surface area contributed by atoms with Gasteiger partial charge in [-0.2, -0.15) is 0 Å². The van der Waals surface area contributed by atoms with Gasteiger partial charge in [0, 0.05) is 36.1 Å². The molecule has 0 fully saturated rings. The summed E-state index contributed by atoms with van der Waals surface area (Å²) in [6.07, 6.45) is 0. The molecule has 146 valence electrons. The van der Waals surface area contributed by atoms with Gasteiger partial charge >= 0.3 is 0 Å². The van der Waals surface area contributed by atoms with E-state index >= 15 is 0 Å². The first-order valence-electron chi connectivity index (χ1n) is 9.05. The van der Waals surface area contributed by atoms with Crippen LogP contribution in [0, 0.1) is 0 Å². The molecule has 1 amide bonds. The van der Waals surface area contributed by atoms with E-state index in [0.717, 1.165) is 18.8 Å². The normalized spacial score (nSPS) is 11.4. The van der Waals surface area contributed by atoms with Gasteiger partial charge in [0.25, 0.3) is 5.91 Å². The smallest absolute Gasteiger partial charge is 0.255 e. The van der Waals surface area contributed by atoms with Gasteiger partial charge in [-0.3, -0.25) is 4.79 Å². The topological polar surface area (TPSA) is 78.5 Å². The molecule has 2 N–H and O–H groups in total. The number of sulfonamides is 1. The molecule has 0 saturated heterocycles. The second kappa shape index (κ2) is 9.01. The summed E-state index contributed by atoms with van der Waals surface area (Å²) in [5, 5.41) is 2.83. The van der Waals surface area contributed by atoms with Crippen LogP contribution in [0.2, 0.25) is 0 Å². The quantitative estimate of drug-likeness (QED) is 0.725. The van der Waals surface area contributed by atoms with E-state index in [0.29, 0.717) is 11.3 Å². The highest BCUT2D eigenvalue weighted by atomic mass is 32.2. The fourth-order valence-corrected chi connectivity index (χ4v) is 3.96. The molecule has 2 aromatic carbocycles. The average Bonchev–Trinajstić information content (AvgIpc) is 2.63. The summed E-state index contributed by atoms with van der Waals surface area (Å²) in [4.78, 5) is 14.8. The van der Waals surface area contributed by atoms with Crippen molar-refractivity contribution in [3.05, 3.63) is 54.1 Å².